The second kappa shape index (κ2) is 11.2. The lowest BCUT2D eigenvalue weighted by molar-refractivity contribution is 0.247. The Morgan fingerprint density at radius 3 is 2.88 bits per heavy atom. The summed E-state index contributed by atoms with van der Waals surface area (Å²) in [6.07, 6.45) is 2.32. The number of nitrogens with one attached hydrogen (secondary N) is 5. The number of benzene rings is 2. The maximum Gasteiger partial charge on any atom is 0.319 e. The van der Waals surface area contributed by atoms with Gasteiger partial charge in [0.15, 0.2) is 11.6 Å². The van der Waals surface area contributed by atoms with Crippen LogP contribution in [0.3, 0.4) is 0 Å². The predicted molar refractivity (Wildman–Crippen MR) is 128 cm³/mol. The number of hydrogen-bond acceptors (Lipinski definition) is 7. The van der Waals surface area contributed by atoms with E-state index in [0.29, 0.717) is 47.7 Å². The molecule has 172 valence electrons. The minimum Gasteiger partial charge on any atom is -0.486 e. The fraction of sp³-hybridized carbons (Fsp3) is 0.227. The standard InChI is InChI=1S/C22H25N7O3S/c30-22(28-16-6-2-1-3-7-16)24-12-13-32-19-15-25-21-27-17-8-4-9-18(14-17)33(31)26-11-5-10-23-20(19)29-21/h1-4,6-9,14-15,26H,5,10-13H2,(H2,24,28,30)(H2,23,25,27,29). The van der Waals surface area contributed by atoms with E-state index in [1.807, 2.05) is 48.5 Å². The average molecular weight is 468 g/mol. The van der Waals surface area contributed by atoms with Gasteiger partial charge in [0.2, 0.25) is 5.95 Å². The molecular weight excluding hydrogens is 442 g/mol. The number of rotatable bonds is 5. The molecule has 1 aliphatic heterocycles. The molecule has 2 aromatic carbocycles. The molecule has 10 nitrogen and oxygen atoms in total. The van der Waals surface area contributed by atoms with E-state index >= 15 is 0 Å². The Bertz CT molecular complexity index is 1110. The second-order valence-electron chi connectivity index (χ2n) is 7.10. The molecule has 2 amide bonds. The summed E-state index contributed by atoms with van der Waals surface area (Å²) in [6, 6.07) is 16.2. The summed E-state index contributed by atoms with van der Waals surface area (Å²) in [6.45, 7) is 1.73. The first-order valence-electron chi connectivity index (χ1n) is 10.5. The van der Waals surface area contributed by atoms with Crippen molar-refractivity contribution in [3.8, 4) is 5.75 Å². The summed E-state index contributed by atoms with van der Waals surface area (Å²) in [7, 11) is -1.29. The third kappa shape index (κ3) is 6.64. The Balaban J connectivity index is 1.37. The molecule has 11 heteroatoms. The molecule has 1 aliphatic rings. The molecule has 5 N–H and O–H groups in total. The number of urea groups is 1. The maximum absolute atomic E-state index is 12.4. The largest absolute Gasteiger partial charge is 0.486 e. The molecule has 0 saturated heterocycles. The van der Waals surface area contributed by atoms with E-state index in [-0.39, 0.29) is 12.6 Å². The Labute approximate surface area is 194 Å². The summed E-state index contributed by atoms with van der Waals surface area (Å²) in [4.78, 5) is 21.5. The number of fused-ring (bicyclic) bond motifs is 4. The van der Waals surface area contributed by atoms with Crippen molar-refractivity contribution in [1.82, 2.24) is 20.0 Å². The zero-order valence-electron chi connectivity index (χ0n) is 17.8. The summed E-state index contributed by atoms with van der Waals surface area (Å²) in [5, 5.41) is 11.9. The molecule has 0 saturated carbocycles. The van der Waals surface area contributed by atoms with Gasteiger partial charge in [-0.1, -0.05) is 24.3 Å². The highest BCUT2D eigenvalue weighted by atomic mass is 32.2. The quantitative estimate of drug-likeness (QED) is 0.365. The van der Waals surface area contributed by atoms with Crippen molar-refractivity contribution in [3.05, 3.63) is 60.8 Å². The first kappa shape index (κ1) is 22.5. The number of amides is 2. The zero-order valence-corrected chi connectivity index (χ0v) is 18.7. The topological polar surface area (TPSA) is 129 Å². The van der Waals surface area contributed by atoms with E-state index < -0.39 is 11.0 Å². The number of para-hydroxylation sites is 1. The summed E-state index contributed by atoms with van der Waals surface area (Å²) >= 11 is 0. The van der Waals surface area contributed by atoms with E-state index in [1.165, 1.54) is 0 Å². The molecule has 1 aromatic heterocycles. The lowest BCUT2D eigenvalue weighted by Gasteiger charge is -2.14. The van der Waals surface area contributed by atoms with E-state index in [1.54, 1.807) is 12.3 Å². The predicted octanol–water partition coefficient (Wildman–Crippen LogP) is 2.85. The van der Waals surface area contributed by atoms with Crippen LogP contribution in [0.5, 0.6) is 5.75 Å². The number of ether oxygens (including phenoxy) is 1. The molecular formula is C22H25N7O3S. The van der Waals surface area contributed by atoms with Crippen molar-refractivity contribution in [2.45, 2.75) is 11.3 Å². The minimum absolute atomic E-state index is 0.246. The molecule has 0 spiro atoms. The van der Waals surface area contributed by atoms with Crippen LogP contribution < -0.4 is 30.7 Å². The highest BCUT2D eigenvalue weighted by Gasteiger charge is 2.12. The van der Waals surface area contributed by atoms with Crippen LogP contribution in [0.25, 0.3) is 0 Å². The lowest BCUT2D eigenvalue weighted by Crippen LogP contribution is -2.32. The Kier molecular flexibility index (Phi) is 7.67. The average Bonchev–Trinajstić information content (AvgIpc) is 2.83. The van der Waals surface area contributed by atoms with Gasteiger partial charge in [0.1, 0.15) is 17.6 Å². The molecule has 1 unspecified atom stereocenters. The third-order valence-electron chi connectivity index (χ3n) is 4.62. The van der Waals surface area contributed by atoms with Crippen LogP contribution >= 0.6 is 0 Å². The Morgan fingerprint density at radius 1 is 1.12 bits per heavy atom. The highest BCUT2D eigenvalue weighted by molar-refractivity contribution is 7.83. The molecule has 1 atom stereocenters. The first-order valence-corrected chi connectivity index (χ1v) is 11.7. The van der Waals surface area contributed by atoms with Gasteiger partial charge in [-0.25, -0.2) is 18.7 Å². The van der Waals surface area contributed by atoms with Gasteiger partial charge in [-0.15, -0.1) is 0 Å². The fourth-order valence-corrected chi connectivity index (χ4v) is 3.98. The number of carbonyl (C=O) groups excluding carboxylic acids is 1. The second-order valence-corrected chi connectivity index (χ2v) is 8.40. The molecule has 0 radical (unpaired) electrons. The van der Waals surface area contributed by atoms with Crippen LogP contribution in [0, 0.1) is 0 Å². The number of hydrogen-bond donors (Lipinski definition) is 5. The minimum atomic E-state index is -1.29. The summed E-state index contributed by atoms with van der Waals surface area (Å²) in [5.74, 6) is 1.41. The van der Waals surface area contributed by atoms with E-state index in [2.05, 4.69) is 36.0 Å². The van der Waals surface area contributed by atoms with Gasteiger partial charge in [-0.3, -0.25) is 0 Å². The fourth-order valence-electron chi connectivity index (χ4n) is 3.05. The van der Waals surface area contributed by atoms with Gasteiger partial charge < -0.3 is 26.0 Å². The van der Waals surface area contributed by atoms with Gasteiger partial charge in [-0.05, 0) is 36.8 Å². The van der Waals surface area contributed by atoms with Gasteiger partial charge in [-0.2, -0.15) is 4.98 Å². The van der Waals surface area contributed by atoms with E-state index in [4.69, 9.17) is 4.74 Å². The summed E-state index contributed by atoms with van der Waals surface area (Å²) < 4.78 is 21.2. The number of aromatic nitrogens is 2. The maximum atomic E-state index is 12.4. The van der Waals surface area contributed by atoms with Gasteiger partial charge >= 0.3 is 6.03 Å². The SMILES string of the molecule is O=C(NCCOc1cnc2nc1NCCCNS(=O)c1cccc(c1)N2)Nc1ccccc1. The monoisotopic (exact) mass is 467 g/mol. The third-order valence-corrected chi connectivity index (χ3v) is 5.76. The molecule has 2 heterocycles. The molecule has 33 heavy (non-hydrogen) atoms. The van der Waals surface area contributed by atoms with Crippen LogP contribution in [0.4, 0.5) is 27.9 Å². The van der Waals surface area contributed by atoms with Crippen molar-refractivity contribution < 1.29 is 13.7 Å². The first-order chi connectivity index (χ1) is 16.2. The van der Waals surface area contributed by atoms with Gasteiger partial charge in [0.05, 0.1) is 17.6 Å². The zero-order chi connectivity index (χ0) is 22.9. The molecule has 0 fully saturated rings. The van der Waals surface area contributed by atoms with Crippen LogP contribution in [0.1, 0.15) is 6.42 Å². The lowest BCUT2D eigenvalue weighted by atomic mass is 10.3. The normalized spacial score (nSPS) is 15.5. The number of carbonyl (C=O) groups is 1. The Morgan fingerprint density at radius 2 is 2.00 bits per heavy atom. The molecule has 0 aliphatic carbocycles. The molecule has 4 bridgehead atoms. The van der Waals surface area contributed by atoms with Crippen LogP contribution in [0.15, 0.2) is 65.7 Å². The molecule has 3 aromatic rings. The van der Waals surface area contributed by atoms with Gasteiger partial charge in [0.25, 0.3) is 0 Å². The van der Waals surface area contributed by atoms with Gasteiger partial charge in [0, 0.05) is 24.5 Å². The van der Waals surface area contributed by atoms with E-state index in [9.17, 15) is 9.00 Å². The highest BCUT2D eigenvalue weighted by Crippen LogP contribution is 2.24. The Hall–Kier alpha value is -3.70. The number of anilines is 4. The van der Waals surface area contributed by atoms with Crippen LogP contribution in [0.2, 0.25) is 0 Å². The number of nitrogens with zero attached hydrogens (tertiary/aromatic N) is 2. The van der Waals surface area contributed by atoms with Crippen LogP contribution in [-0.4, -0.2) is 46.4 Å². The summed E-state index contributed by atoms with van der Waals surface area (Å²) in [5.41, 5.74) is 1.45. The van der Waals surface area contributed by atoms with Crippen molar-refractivity contribution in [1.29, 1.82) is 0 Å². The molecule has 4 rings (SSSR count). The van der Waals surface area contributed by atoms with Crippen molar-refractivity contribution in [3.63, 3.8) is 0 Å². The van der Waals surface area contributed by atoms with E-state index in [0.717, 1.165) is 12.1 Å². The smallest absolute Gasteiger partial charge is 0.319 e. The van der Waals surface area contributed by atoms with Crippen molar-refractivity contribution in [2.24, 2.45) is 0 Å². The van der Waals surface area contributed by atoms with Crippen molar-refractivity contribution >= 4 is 40.2 Å². The van der Waals surface area contributed by atoms with Crippen LogP contribution in [-0.2, 0) is 11.0 Å². The van der Waals surface area contributed by atoms with Crippen molar-refractivity contribution in [2.75, 3.05) is 42.2 Å².